The molecule has 0 aliphatic heterocycles. The minimum atomic E-state index is -0.210. The number of hydrogen-bond donors (Lipinski definition) is 0. The maximum atomic E-state index is 12.1. The van der Waals surface area contributed by atoms with Gasteiger partial charge in [-0.05, 0) is 68.0 Å². The fourth-order valence-corrected chi connectivity index (χ4v) is 4.65. The SMILES string of the molecule is COc1ccc(C2(c3ccc(OC(=O)CCCCCC(C)=O)cc3)CCCCC2)cc1. The van der Waals surface area contributed by atoms with E-state index < -0.39 is 0 Å². The first-order valence-corrected chi connectivity index (χ1v) is 11.5. The standard InChI is InChI=1S/C27H34O4/c1-21(28)9-5-3-6-10-26(29)31-25-17-13-23(14-18-25)27(19-7-4-8-20-27)22-11-15-24(30-2)16-12-22/h11-18H,3-10,19-20H2,1-2H3. The first kappa shape index (κ1) is 23.1. The van der Waals surface area contributed by atoms with E-state index in [2.05, 4.69) is 24.3 Å². The van der Waals surface area contributed by atoms with Crippen LogP contribution in [0.15, 0.2) is 48.5 Å². The number of unbranched alkanes of at least 4 members (excludes halogenated alkanes) is 2. The predicted octanol–water partition coefficient (Wildman–Crippen LogP) is 6.39. The van der Waals surface area contributed by atoms with Gasteiger partial charge in [0.15, 0.2) is 0 Å². The Labute approximate surface area is 186 Å². The Morgan fingerprint density at radius 1 is 0.774 bits per heavy atom. The van der Waals surface area contributed by atoms with Crippen molar-refractivity contribution in [3.8, 4) is 11.5 Å². The summed E-state index contributed by atoms with van der Waals surface area (Å²) in [6.07, 6.45) is 9.39. The number of rotatable bonds is 10. The van der Waals surface area contributed by atoms with Crippen molar-refractivity contribution in [1.29, 1.82) is 0 Å². The van der Waals surface area contributed by atoms with Crippen LogP contribution < -0.4 is 9.47 Å². The summed E-state index contributed by atoms with van der Waals surface area (Å²) >= 11 is 0. The maximum absolute atomic E-state index is 12.1. The molecule has 0 aromatic heterocycles. The van der Waals surface area contributed by atoms with Gasteiger partial charge in [-0.2, -0.15) is 0 Å². The zero-order valence-corrected chi connectivity index (χ0v) is 18.8. The smallest absolute Gasteiger partial charge is 0.311 e. The van der Waals surface area contributed by atoms with Crippen LogP contribution in [0.25, 0.3) is 0 Å². The molecule has 0 atom stereocenters. The molecule has 0 saturated heterocycles. The van der Waals surface area contributed by atoms with Crippen LogP contribution in [0.1, 0.15) is 82.3 Å². The van der Waals surface area contributed by atoms with E-state index in [1.54, 1.807) is 14.0 Å². The molecule has 1 saturated carbocycles. The highest BCUT2D eigenvalue weighted by Gasteiger charge is 2.35. The third-order valence-corrected chi connectivity index (χ3v) is 6.40. The lowest BCUT2D eigenvalue weighted by molar-refractivity contribution is -0.134. The quantitative estimate of drug-likeness (QED) is 0.253. The molecule has 2 aromatic rings. The molecule has 31 heavy (non-hydrogen) atoms. The monoisotopic (exact) mass is 422 g/mol. The fraction of sp³-hybridized carbons (Fsp3) is 0.481. The molecule has 166 valence electrons. The minimum Gasteiger partial charge on any atom is -0.497 e. The van der Waals surface area contributed by atoms with Crippen molar-refractivity contribution in [3.63, 3.8) is 0 Å². The summed E-state index contributed by atoms with van der Waals surface area (Å²) in [5.41, 5.74) is 2.61. The van der Waals surface area contributed by atoms with Crippen molar-refractivity contribution in [1.82, 2.24) is 0 Å². The van der Waals surface area contributed by atoms with Crippen molar-refractivity contribution >= 4 is 11.8 Å². The van der Waals surface area contributed by atoms with Gasteiger partial charge in [0.1, 0.15) is 17.3 Å². The molecule has 0 N–H and O–H groups in total. The number of ether oxygens (including phenoxy) is 2. The average molecular weight is 423 g/mol. The van der Waals surface area contributed by atoms with Crippen LogP contribution in [-0.2, 0) is 15.0 Å². The van der Waals surface area contributed by atoms with Crippen LogP contribution in [0.5, 0.6) is 11.5 Å². The van der Waals surface area contributed by atoms with Gasteiger partial charge in [0.05, 0.1) is 7.11 Å². The lowest BCUT2D eigenvalue weighted by Gasteiger charge is -2.38. The fourth-order valence-electron chi connectivity index (χ4n) is 4.65. The first-order valence-electron chi connectivity index (χ1n) is 11.5. The zero-order chi connectivity index (χ0) is 22.1. The Balaban J connectivity index is 1.64. The van der Waals surface area contributed by atoms with E-state index in [9.17, 15) is 9.59 Å². The second-order valence-corrected chi connectivity index (χ2v) is 8.63. The molecule has 0 bridgehead atoms. The van der Waals surface area contributed by atoms with E-state index in [-0.39, 0.29) is 17.2 Å². The maximum Gasteiger partial charge on any atom is 0.311 e. The van der Waals surface area contributed by atoms with Crippen molar-refractivity contribution < 1.29 is 19.1 Å². The lowest BCUT2D eigenvalue weighted by atomic mass is 9.65. The first-order chi connectivity index (χ1) is 15.0. The topological polar surface area (TPSA) is 52.6 Å². The van der Waals surface area contributed by atoms with Crippen LogP contribution >= 0.6 is 0 Å². The lowest BCUT2D eigenvalue weighted by Crippen LogP contribution is -2.30. The van der Waals surface area contributed by atoms with Gasteiger partial charge in [-0.1, -0.05) is 49.9 Å². The highest BCUT2D eigenvalue weighted by molar-refractivity contribution is 5.75. The third kappa shape index (κ3) is 6.19. The van der Waals surface area contributed by atoms with Gasteiger partial charge >= 0.3 is 5.97 Å². The van der Waals surface area contributed by atoms with Gasteiger partial charge in [-0.3, -0.25) is 4.79 Å². The van der Waals surface area contributed by atoms with E-state index in [0.717, 1.165) is 37.9 Å². The summed E-state index contributed by atoms with van der Waals surface area (Å²) in [6.45, 7) is 1.60. The zero-order valence-electron chi connectivity index (χ0n) is 18.8. The molecule has 4 nitrogen and oxygen atoms in total. The van der Waals surface area contributed by atoms with Crippen molar-refractivity contribution in [3.05, 3.63) is 59.7 Å². The molecule has 2 aromatic carbocycles. The van der Waals surface area contributed by atoms with Crippen molar-refractivity contribution in [2.45, 2.75) is 76.5 Å². The molecule has 0 unspecified atom stereocenters. The molecule has 0 amide bonds. The number of Topliss-reactive ketones (excluding diaryl/α,β-unsaturated/α-hetero) is 1. The summed E-state index contributed by atoms with van der Waals surface area (Å²) in [5, 5.41) is 0. The Kier molecular flexibility index (Phi) is 8.27. The summed E-state index contributed by atoms with van der Waals surface area (Å²) in [5.74, 6) is 1.46. The molecule has 0 spiro atoms. The Morgan fingerprint density at radius 3 is 1.87 bits per heavy atom. The van der Waals surface area contributed by atoms with E-state index in [0.29, 0.717) is 18.6 Å². The van der Waals surface area contributed by atoms with Gasteiger partial charge in [0.2, 0.25) is 0 Å². The third-order valence-electron chi connectivity index (χ3n) is 6.40. The average Bonchev–Trinajstić information content (AvgIpc) is 2.79. The van der Waals surface area contributed by atoms with Gasteiger partial charge < -0.3 is 14.3 Å². The van der Waals surface area contributed by atoms with Crippen LogP contribution in [0.3, 0.4) is 0 Å². The molecular weight excluding hydrogens is 388 g/mol. The number of hydrogen-bond acceptors (Lipinski definition) is 4. The molecule has 1 aliphatic rings. The van der Waals surface area contributed by atoms with E-state index in [1.807, 2.05) is 24.3 Å². The molecular formula is C27H34O4. The summed E-state index contributed by atoms with van der Waals surface area (Å²) in [6, 6.07) is 16.5. The summed E-state index contributed by atoms with van der Waals surface area (Å²) < 4.78 is 10.9. The largest absolute Gasteiger partial charge is 0.497 e. The van der Waals surface area contributed by atoms with Gasteiger partial charge in [-0.25, -0.2) is 0 Å². The van der Waals surface area contributed by atoms with Crippen molar-refractivity contribution in [2.24, 2.45) is 0 Å². The van der Waals surface area contributed by atoms with Crippen LogP contribution in [0.4, 0.5) is 0 Å². The Morgan fingerprint density at radius 2 is 1.32 bits per heavy atom. The minimum absolute atomic E-state index is 0.00374. The Hall–Kier alpha value is -2.62. The van der Waals surface area contributed by atoms with E-state index in [4.69, 9.17) is 9.47 Å². The van der Waals surface area contributed by atoms with Gasteiger partial charge in [0, 0.05) is 18.3 Å². The number of ketones is 1. The Bertz CT molecular complexity index is 846. The van der Waals surface area contributed by atoms with Crippen molar-refractivity contribution in [2.75, 3.05) is 7.11 Å². The van der Waals surface area contributed by atoms with Gasteiger partial charge in [0.25, 0.3) is 0 Å². The molecule has 0 heterocycles. The number of esters is 1. The van der Waals surface area contributed by atoms with Crippen LogP contribution in [-0.4, -0.2) is 18.9 Å². The number of methoxy groups -OCH3 is 1. The summed E-state index contributed by atoms with van der Waals surface area (Å²) in [4.78, 5) is 23.1. The highest BCUT2D eigenvalue weighted by atomic mass is 16.5. The number of carbonyl (C=O) groups excluding carboxylic acids is 2. The molecule has 4 heteroatoms. The second-order valence-electron chi connectivity index (χ2n) is 8.63. The number of carbonyl (C=O) groups is 2. The second kappa shape index (κ2) is 11.1. The van der Waals surface area contributed by atoms with E-state index >= 15 is 0 Å². The van der Waals surface area contributed by atoms with Crippen LogP contribution in [0.2, 0.25) is 0 Å². The summed E-state index contributed by atoms with van der Waals surface area (Å²) in [7, 11) is 1.69. The molecule has 3 rings (SSSR count). The van der Waals surface area contributed by atoms with Crippen LogP contribution in [0, 0.1) is 0 Å². The normalized spacial score (nSPS) is 15.3. The predicted molar refractivity (Wildman–Crippen MR) is 123 cm³/mol. The molecule has 1 fully saturated rings. The number of benzene rings is 2. The highest BCUT2D eigenvalue weighted by Crippen LogP contribution is 2.45. The molecule has 1 aliphatic carbocycles. The molecule has 0 radical (unpaired) electrons. The van der Waals surface area contributed by atoms with E-state index in [1.165, 1.54) is 30.4 Å². The van der Waals surface area contributed by atoms with Gasteiger partial charge in [-0.15, -0.1) is 0 Å².